The van der Waals surface area contributed by atoms with Gasteiger partial charge < -0.3 is 10.2 Å². The van der Waals surface area contributed by atoms with Gasteiger partial charge in [-0.25, -0.2) is 0 Å². The highest BCUT2D eigenvalue weighted by Gasteiger charge is 2.13. The highest BCUT2D eigenvalue weighted by molar-refractivity contribution is 14.1. The first-order valence-electron chi connectivity index (χ1n) is 1.92. The van der Waals surface area contributed by atoms with Gasteiger partial charge in [0.05, 0.1) is 6.61 Å². The van der Waals surface area contributed by atoms with Gasteiger partial charge in [0.15, 0.2) is 0 Å². The van der Waals surface area contributed by atoms with Crippen LogP contribution in [0.2, 0.25) is 0 Å². The van der Waals surface area contributed by atoms with Crippen LogP contribution in [0, 0.1) is 0 Å². The molecule has 5 heteroatoms. The Morgan fingerprint density at radius 1 is 1.62 bits per heavy atom. The Balaban J connectivity index is 3.29. The number of halogens is 2. The average molecular weight is 344 g/mol. The molecule has 0 aliphatic rings. The molecule has 0 heterocycles. The van der Waals surface area contributed by atoms with Crippen molar-refractivity contribution in [2.24, 2.45) is 0 Å². The zero-order chi connectivity index (χ0) is 6.57. The van der Waals surface area contributed by atoms with Crippen LogP contribution in [-0.4, -0.2) is 27.0 Å². The molecule has 0 aliphatic carbocycles. The molecule has 0 aromatic rings. The van der Waals surface area contributed by atoms with Crippen molar-refractivity contribution in [1.29, 1.82) is 0 Å². The van der Waals surface area contributed by atoms with Gasteiger partial charge >= 0.3 is 0 Å². The van der Waals surface area contributed by atoms with Crippen molar-refractivity contribution >= 4 is 45.6 Å². The van der Waals surface area contributed by atoms with Crippen LogP contribution in [0.25, 0.3) is 0 Å². The van der Waals surface area contributed by atoms with Gasteiger partial charge in [-0.3, -0.25) is 3.07 Å². The van der Waals surface area contributed by atoms with E-state index in [-0.39, 0.29) is 10.7 Å². The fraction of sp³-hybridized carbons (Fsp3) is 1.00. The average Bonchev–Trinajstić information content (AvgIpc) is 1.84. The van der Waals surface area contributed by atoms with Gasteiger partial charge in [-0.15, -0.1) is 0 Å². The van der Waals surface area contributed by atoms with E-state index in [0.717, 1.165) is 0 Å². The minimum atomic E-state index is -0.771. The van der Waals surface area contributed by atoms with E-state index in [1.165, 1.54) is 0 Å². The Morgan fingerprint density at radius 2 is 2.12 bits per heavy atom. The molecule has 0 saturated carbocycles. The van der Waals surface area contributed by atoms with E-state index in [2.05, 4.69) is 3.07 Å². The molecule has 0 aromatic heterocycles. The van der Waals surface area contributed by atoms with E-state index >= 15 is 0 Å². The van der Waals surface area contributed by atoms with E-state index in [4.69, 9.17) is 10.2 Å². The van der Waals surface area contributed by atoms with E-state index in [9.17, 15) is 0 Å². The Labute approximate surface area is 75.2 Å². The summed E-state index contributed by atoms with van der Waals surface area (Å²) in [6.07, 6.45) is -0.771. The fourth-order valence-corrected chi connectivity index (χ4v) is 0.709. The quantitative estimate of drug-likeness (QED) is 0.578. The Hall–Kier alpha value is 1.34. The summed E-state index contributed by atoms with van der Waals surface area (Å²) in [5, 5.41) is 17.0. The summed E-state index contributed by atoms with van der Waals surface area (Å²) in [6, 6.07) is 0. The molecule has 2 atom stereocenters. The van der Waals surface area contributed by atoms with Crippen molar-refractivity contribution in [1.82, 2.24) is 0 Å². The monoisotopic (exact) mass is 344 g/mol. The van der Waals surface area contributed by atoms with Crippen LogP contribution in [0.3, 0.4) is 0 Å². The highest BCUT2D eigenvalue weighted by Crippen LogP contribution is 2.10. The van der Waals surface area contributed by atoms with Crippen LogP contribution in [0.5, 0.6) is 0 Å². The van der Waals surface area contributed by atoms with Gasteiger partial charge in [0.2, 0.25) is 0 Å². The molecule has 0 fully saturated rings. The number of hydrogen-bond acceptors (Lipinski definition) is 3. The van der Waals surface area contributed by atoms with Gasteiger partial charge in [0.1, 0.15) is 33.2 Å². The van der Waals surface area contributed by atoms with E-state index < -0.39 is 6.10 Å². The molecule has 0 rings (SSSR count). The fourth-order valence-electron chi connectivity index (χ4n) is 0.142. The maximum absolute atomic E-state index is 8.74. The molecule has 2 unspecified atom stereocenters. The van der Waals surface area contributed by atoms with Gasteiger partial charge in [0, 0.05) is 0 Å². The lowest BCUT2D eigenvalue weighted by atomic mass is 10.4. The van der Waals surface area contributed by atoms with Crippen LogP contribution >= 0.6 is 45.6 Å². The third-order valence-electron chi connectivity index (χ3n) is 0.575. The van der Waals surface area contributed by atoms with Crippen molar-refractivity contribution in [3.8, 4) is 0 Å². The second kappa shape index (κ2) is 5.15. The minimum Gasteiger partial charge on any atom is -0.394 e. The minimum absolute atomic E-state index is 0.253. The lowest BCUT2D eigenvalue weighted by Crippen LogP contribution is -2.23. The van der Waals surface area contributed by atoms with Crippen molar-refractivity contribution < 1.29 is 13.3 Å². The smallest absolute Gasteiger partial charge is 0.149 e. The van der Waals surface area contributed by atoms with Gasteiger partial charge in [-0.05, 0) is 22.6 Å². The molecule has 0 spiro atoms. The summed E-state index contributed by atoms with van der Waals surface area (Å²) in [5.74, 6) is 0. The number of rotatable bonds is 3. The second-order valence-electron chi connectivity index (χ2n) is 1.19. The molecule has 0 amide bonds. The highest BCUT2D eigenvalue weighted by atomic mass is 127. The van der Waals surface area contributed by atoms with Crippen molar-refractivity contribution in [2.45, 2.75) is 10.2 Å². The van der Waals surface area contributed by atoms with E-state index in [1.54, 1.807) is 23.0 Å². The largest absolute Gasteiger partial charge is 0.394 e. The first-order valence-corrected chi connectivity index (χ1v) is 4.05. The molecule has 0 radical (unpaired) electrons. The number of alkyl halides is 1. The van der Waals surface area contributed by atoms with Crippen LogP contribution in [0.15, 0.2) is 0 Å². The van der Waals surface area contributed by atoms with Gasteiger partial charge in [-0.2, -0.15) is 0 Å². The second-order valence-corrected chi connectivity index (χ2v) is 2.93. The zero-order valence-electron chi connectivity index (χ0n) is 3.92. The number of aliphatic hydroxyl groups is 2. The maximum Gasteiger partial charge on any atom is 0.149 e. The SMILES string of the molecule is OCC(O)C(I)OI. The van der Waals surface area contributed by atoms with Crippen LogP contribution in [0.1, 0.15) is 0 Å². The normalized spacial score (nSPS) is 18.0. The topological polar surface area (TPSA) is 49.7 Å². The predicted molar refractivity (Wildman–Crippen MR) is 46.0 cm³/mol. The summed E-state index contributed by atoms with van der Waals surface area (Å²) in [5.41, 5.74) is 0. The third kappa shape index (κ3) is 3.38. The zero-order valence-corrected chi connectivity index (χ0v) is 8.24. The van der Waals surface area contributed by atoms with Crippen molar-refractivity contribution in [2.75, 3.05) is 6.61 Å². The van der Waals surface area contributed by atoms with E-state index in [1.807, 2.05) is 22.6 Å². The van der Waals surface area contributed by atoms with Gasteiger partial charge in [0.25, 0.3) is 0 Å². The Morgan fingerprint density at radius 3 is 2.25 bits per heavy atom. The first-order chi connectivity index (χ1) is 3.72. The van der Waals surface area contributed by atoms with Crippen molar-refractivity contribution in [3.05, 3.63) is 0 Å². The molecule has 50 valence electrons. The summed E-state index contributed by atoms with van der Waals surface area (Å²) in [4.78, 5) is 0. The third-order valence-corrected chi connectivity index (χ3v) is 3.18. The maximum atomic E-state index is 8.74. The molecule has 2 N–H and O–H groups in total. The number of hydrogen-bond donors (Lipinski definition) is 2. The lowest BCUT2D eigenvalue weighted by molar-refractivity contribution is 0.0594. The number of aliphatic hydroxyl groups excluding tert-OH is 2. The van der Waals surface area contributed by atoms with Gasteiger partial charge in [-0.1, -0.05) is 0 Å². The van der Waals surface area contributed by atoms with Crippen LogP contribution in [-0.2, 0) is 3.07 Å². The predicted octanol–water partition coefficient (Wildman–Crippen LogP) is 0.467. The summed E-state index contributed by atoms with van der Waals surface area (Å²) in [6.45, 7) is -0.253. The Bertz CT molecular complexity index is 52.5. The van der Waals surface area contributed by atoms with Crippen LogP contribution in [0.4, 0.5) is 0 Å². The molecular weight excluding hydrogens is 338 g/mol. The Kier molecular flexibility index (Phi) is 6.01. The summed E-state index contributed by atoms with van der Waals surface area (Å²) < 4.78 is 4.33. The molecule has 0 bridgehead atoms. The molecule has 3 nitrogen and oxygen atoms in total. The molecular formula is C3H6I2O3. The van der Waals surface area contributed by atoms with Crippen LogP contribution < -0.4 is 0 Å². The molecule has 0 aliphatic heterocycles. The molecule has 0 aromatic carbocycles. The first kappa shape index (κ1) is 9.34. The molecule has 8 heavy (non-hydrogen) atoms. The molecule has 0 saturated heterocycles. The summed E-state index contributed by atoms with van der Waals surface area (Å²) in [7, 11) is 0. The van der Waals surface area contributed by atoms with Crippen molar-refractivity contribution in [3.63, 3.8) is 0 Å². The summed E-state index contributed by atoms with van der Waals surface area (Å²) >= 11 is 3.57. The lowest BCUT2D eigenvalue weighted by Gasteiger charge is -2.09. The standard InChI is InChI=1S/C3H6I2O3/c4-3(8-5)2(7)1-6/h2-3,6-7H,1H2. The van der Waals surface area contributed by atoms with E-state index in [0.29, 0.717) is 0 Å².